The molecular formula is C22H22FN3OS. The van der Waals surface area contributed by atoms with Crippen LogP contribution in [0.2, 0.25) is 0 Å². The molecule has 1 aliphatic carbocycles. The van der Waals surface area contributed by atoms with Crippen molar-refractivity contribution in [1.82, 2.24) is 14.9 Å². The Morgan fingerprint density at radius 3 is 2.61 bits per heavy atom. The number of aromatic amines is 1. The molecule has 0 fully saturated rings. The van der Waals surface area contributed by atoms with Crippen LogP contribution in [0.5, 0.6) is 0 Å². The standard InChI is InChI=1S/C22H22FN3OS/c1-14(16-7-6-15-4-2-3-5-17(15)12-16)25-21(27)20-13-24-22(28)26(20)19-10-8-18(23)9-11-19/h6-14H,2-5H2,1H3,(H,24,28)(H,25,27)/t14-/m1/s1. The van der Waals surface area contributed by atoms with Crippen LogP contribution in [0.4, 0.5) is 4.39 Å². The molecule has 0 radical (unpaired) electrons. The molecule has 2 N–H and O–H groups in total. The fraction of sp³-hybridized carbons (Fsp3) is 0.273. The molecule has 0 spiro atoms. The Balaban J connectivity index is 1.57. The van der Waals surface area contributed by atoms with E-state index >= 15 is 0 Å². The van der Waals surface area contributed by atoms with Gasteiger partial charge in [0.15, 0.2) is 4.77 Å². The topological polar surface area (TPSA) is 49.8 Å². The van der Waals surface area contributed by atoms with Crippen LogP contribution in [0, 0.1) is 10.6 Å². The highest BCUT2D eigenvalue weighted by atomic mass is 32.1. The minimum atomic E-state index is -0.335. The van der Waals surface area contributed by atoms with Crippen molar-refractivity contribution in [2.24, 2.45) is 0 Å². The van der Waals surface area contributed by atoms with E-state index in [1.54, 1.807) is 22.9 Å². The largest absolute Gasteiger partial charge is 0.344 e. The number of imidazole rings is 1. The number of rotatable bonds is 4. The number of nitrogens with one attached hydrogen (secondary N) is 2. The number of benzene rings is 2. The van der Waals surface area contributed by atoms with Gasteiger partial charge in [0, 0.05) is 11.9 Å². The molecule has 6 heteroatoms. The number of aryl methyl sites for hydroxylation is 2. The number of carbonyl (C=O) groups is 1. The second-order valence-electron chi connectivity index (χ2n) is 7.22. The molecule has 0 bridgehead atoms. The van der Waals surface area contributed by atoms with Gasteiger partial charge in [0.1, 0.15) is 11.5 Å². The first-order valence-corrected chi connectivity index (χ1v) is 9.92. The van der Waals surface area contributed by atoms with E-state index < -0.39 is 0 Å². The molecule has 1 heterocycles. The molecule has 0 unspecified atom stereocenters. The Kier molecular flexibility index (Phi) is 5.13. The maximum Gasteiger partial charge on any atom is 0.270 e. The van der Waals surface area contributed by atoms with Crippen molar-refractivity contribution in [1.29, 1.82) is 0 Å². The van der Waals surface area contributed by atoms with Crippen LogP contribution < -0.4 is 5.32 Å². The molecule has 2 aromatic carbocycles. The van der Waals surface area contributed by atoms with Gasteiger partial charge in [-0.15, -0.1) is 0 Å². The van der Waals surface area contributed by atoms with Crippen molar-refractivity contribution in [2.75, 3.05) is 0 Å². The van der Waals surface area contributed by atoms with Gasteiger partial charge in [0.25, 0.3) is 5.91 Å². The quantitative estimate of drug-likeness (QED) is 0.608. The Morgan fingerprint density at radius 2 is 1.86 bits per heavy atom. The molecule has 1 aliphatic rings. The highest BCUT2D eigenvalue weighted by Gasteiger charge is 2.18. The Hall–Kier alpha value is -2.73. The normalized spacial score (nSPS) is 14.4. The number of hydrogen-bond donors (Lipinski definition) is 2. The van der Waals surface area contributed by atoms with Gasteiger partial charge in [0.05, 0.1) is 6.04 Å². The van der Waals surface area contributed by atoms with Gasteiger partial charge in [-0.3, -0.25) is 9.36 Å². The summed E-state index contributed by atoms with van der Waals surface area (Å²) in [5, 5.41) is 3.05. The van der Waals surface area contributed by atoms with Crippen molar-refractivity contribution in [3.05, 3.63) is 81.6 Å². The SMILES string of the molecule is C[C@@H](NC(=O)c1c[nH]c(=S)n1-c1ccc(F)cc1)c1ccc2c(c1)CCCC2. The van der Waals surface area contributed by atoms with E-state index in [1.807, 2.05) is 6.92 Å². The summed E-state index contributed by atoms with van der Waals surface area (Å²) in [6.45, 7) is 1.98. The summed E-state index contributed by atoms with van der Waals surface area (Å²) >= 11 is 5.31. The number of H-pyrrole nitrogens is 1. The smallest absolute Gasteiger partial charge is 0.270 e. The molecule has 144 valence electrons. The minimum absolute atomic E-state index is 0.134. The van der Waals surface area contributed by atoms with Gasteiger partial charge in [0.2, 0.25) is 0 Å². The van der Waals surface area contributed by atoms with Crippen molar-refractivity contribution >= 4 is 18.1 Å². The Morgan fingerprint density at radius 1 is 1.14 bits per heavy atom. The molecule has 4 nitrogen and oxygen atoms in total. The average Bonchev–Trinajstić information content (AvgIpc) is 3.09. The van der Waals surface area contributed by atoms with Gasteiger partial charge in [-0.2, -0.15) is 0 Å². The summed E-state index contributed by atoms with van der Waals surface area (Å²) in [6, 6.07) is 12.3. The van der Waals surface area contributed by atoms with E-state index in [0.29, 0.717) is 16.2 Å². The molecule has 4 rings (SSSR count). The minimum Gasteiger partial charge on any atom is -0.344 e. The van der Waals surface area contributed by atoms with Crippen LogP contribution in [-0.4, -0.2) is 15.5 Å². The van der Waals surface area contributed by atoms with Gasteiger partial charge in [-0.1, -0.05) is 18.2 Å². The Labute approximate surface area is 168 Å². The number of carbonyl (C=O) groups excluding carboxylic acids is 1. The first-order valence-electron chi connectivity index (χ1n) is 9.52. The lowest BCUT2D eigenvalue weighted by atomic mass is 9.89. The van der Waals surface area contributed by atoms with Gasteiger partial charge in [-0.05, 0) is 85.8 Å². The van der Waals surface area contributed by atoms with E-state index in [2.05, 4.69) is 28.5 Å². The lowest BCUT2D eigenvalue weighted by Crippen LogP contribution is -2.28. The molecular weight excluding hydrogens is 373 g/mol. The zero-order valence-corrected chi connectivity index (χ0v) is 16.5. The summed E-state index contributed by atoms with van der Waals surface area (Å²) in [5.74, 6) is -0.570. The summed E-state index contributed by atoms with van der Waals surface area (Å²) in [5.41, 5.74) is 4.93. The Bertz CT molecular complexity index is 1070. The first-order chi connectivity index (χ1) is 13.5. The summed E-state index contributed by atoms with van der Waals surface area (Å²) in [7, 11) is 0. The maximum atomic E-state index is 13.2. The third-order valence-electron chi connectivity index (χ3n) is 5.31. The third-order valence-corrected chi connectivity index (χ3v) is 5.61. The van der Waals surface area contributed by atoms with E-state index in [0.717, 1.165) is 18.4 Å². The number of aromatic nitrogens is 2. The highest BCUT2D eigenvalue weighted by Crippen LogP contribution is 2.25. The van der Waals surface area contributed by atoms with Crippen molar-refractivity contribution in [3.63, 3.8) is 0 Å². The average molecular weight is 396 g/mol. The second-order valence-corrected chi connectivity index (χ2v) is 7.61. The first kappa shape index (κ1) is 18.6. The fourth-order valence-electron chi connectivity index (χ4n) is 3.76. The summed E-state index contributed by atoms with van der Waals surface area (Å²) in [6.07, 6.45) is 6.30. The predicted molar refractivity (Wildman–Crippen MR) is 110 cm³/mol. The second kappa shape index (κ2) is 7.72. The van der Waals surface area contributed by atoms with Crippen LogP contribution in [0.1, 0.15) is 53.0 Å². The zero-order chi connectivity index (χ0) is 19.7. The van der Waals surface area contributed by atoms with Gasteiger partial charge < -0.3 is 10.3 Å². The van der Waals surface area contributed by atoms with Crippen molar-refractivity contribution in [2.45, 2.75) is 38.6 Å². The van der Waals surface area contributed by atoms with Crippen molar-refractivity contribution in [3.8, 4) is 5.69 Å². The lowest BCUT2D eigenvalue weighted by Gasteiger charge is -2.20. The fourth-order valence-corrected chi connectivity index (χ4v) is 4.02. The molecule has 28 heavy (non-hydrogen) atoms. The molecule has 1 amide bonds. The van der Waals surface area contributed by atoms with E-state index in [-0.39, 0.29) is 17.8 Å². The van der Waals surface area contributed by atoms with E-state index in [9.17, 15) is 9.18 Å². The van der Waals surface area contributed by atoms with Crippen molar-refractivity contribution < 1.29 is 9.18 Å². The zero-order valence-electron chi connectivity index (χ0n) is 15.7. The number of nitrogens with zero attached hydrogens (tertiary/aromatic N) is 1. The number of halogens is 1. The highest BCUT2D eigenvalue weighted by molar-refractivity contribution is 7.71. The van der Waals surface area contributed by atoms with Crippen LogP contribution in [0.3, 0.4) is 0 Å². The van der Waals surface area contributed by atoms with E-state index in [4.69, 9.17) is 12.2 Å². The van der Waals surface area contributed by atoms with Crippen LogP contribution in [0.25, 0.3) is 5.69 Å². The van der Waals surface area contributed by atoms with Gasteiger partial charge >= 0.3 is 0 Å². The predicted octanol–water partition coefficient (Wildman–Crippen LogP) is 5.04. The molecule has 0 saturated heterocycles. The summed E-state index contributed by atoms with van der Waals surface area (Å²) < 4.78 is 15.2. The third kappa shape index (κ3) is 3.64. The lowest BCUT2D eigenvalue weighted by molar-refractivity contribution is 0.0933. The molecule has 3 aromatic rings. The number of fused-ring (bicyclic) bond motifs is 1. The summed E-state index contributed by atoms with van der Waals surface area (Å²) in [4.78, 5) is 15.8. The van der Waals surface area contributed by atoms with Gasteiger partial charge in [-0.25, -0.2) is 4.39 Å². The number of amides is 1. The van der Waals surface area contributed by atoms with Crippen LogP contribution in [-0.2, 0) is 12.8 Å². The monoisotopic (exact) mass is 395 g/mol. The maximum absolute atomic E-state index is 13.2. The molecule has 1 atom stereocenters. The number of hydrogen-bond acceptors (Lipinski definition) is 2. The molecule has 0 aliphatic heterocycles. The molecule has 0 saturated carbocycles. The molecule has 1 aromatic heterocycles. The van der Waals surface area contributed by atoms with Crippen LogP contribution >= 0.6 is 12.2 Å². The van der Waals surface area contributed by atoms with E-state index in [1.165, 1.54) is 36.1 Å². The van der Waals surface area contributed by atoms with Crippen LogP contribution in [0.15, 0.2) is 48.7 Å².